The van der Waals surface area contributed by atoms with E-state index < -0.39 is 0 Å². The second kappa shape index (κ2) is 11.6. The van der Waals surface area contributed by atoms with Gasteiger partial charge in [0.2, 0.25) is 0 Å². The monoisotopic (exact) mass is 460 g/mol. The highest BCUT2D eigenvalue weighted by molar-refractivity contribution is 14.0. The molecule has 5 nitrogen and oxygen atoms in total. The summed E-state index contributed by atoms with van der Waals surface area (Å²) in [6, 6.07) is 8.29. The van der Waals surface area contributed by atoms with E-state index in [1.54, 1.807) is 0 Å². The fraction of sp³-hybridized carbons (Fsp3) is 0.632. The quantitative estimate of drug-likeness (QED) is 0.403. The van der Waals surface area contributed by atoms with Gasteiger partial charge >= 0.3 is 0 Å². The Hall–Kier alpha value is -1.02. The van der Waals surface area contributed by atoms with Crippen molar-refractivity contribution in [1.29, 1.82) is 0 Å². The van der Waals surface area contributed by atoms with Crippen LogP contribution in [0.4, 0.5) is 0 Å². The number of hydrogen-bond donors (Lipinski definition) is 1. The van der Waals surface area contributed by atoms with Gasteiger partial charge in [-0.15, -0.1) is 24.0 Å². The average molecular weight is 460 g/mol. The zero-order valence-corrected chi connectivity index (χ0v) is 18.3. The number of nitrogens with zero attached hydrogens (tertiary/aromatic N) is 3. The molecule has 6 heteroatoms. The first-order valence-electron chi connectivity index (χ1n) is 8.90. The smallest absolute Gasteiger partial charge is 0.193 e. The van der Waals surface area contributed by atoms with Crippen molar-refractivity contribution < 1.29 is 4.74 Å². The molecule has 0 atom stereocenters. The third-order valence-electron chi connectivity index (χ3n) is 4.45. The minimum absolute atomic E-state index is 0. The van der Waals surface area contributed by atoms with E-state index in [4.69, 9.17) is 4.74 Å². The van der Waals surface area contributed by atoms with Crippen molar-refractivity contribution in [2.24, 2.45) is 10.9 Å². The van der Waals surface area contributed by atoms with Crippen LogP contribution in [0.3, 0.4) is 0 Å². The number of halogens is 1. The fourth-order valence-electron chi connectivity index (χ4n) is 2.83. The Labute approximate surface area is 169 Å². The predicted octanol–water partition coefficient (Wildman–Crippen LogP) is 3.05. The molecule has 0 aliphatic carbocycles. The zero-order valence-electron chi connectivity index (χ0n) is 16.0. The molecule has 142 valence electrons. The van der Waals surface area contributed by atoms with E-state index >= 15 is 0 Å². The van der Waals surface area contributed by atoms with Gasteiger partial charge in [0, 0.05) is 33.2 Å². The third kappa shape index (κ3) is 7.81. The molecule has 1 fully saturated rings. The number of rotatable bonds is 6. The summed E-state index contributed by atoms with van der Waals surface area (Å²) in [6.07, 6.45) is 2.49. The van der Waals surface area contributed by atoms with Crippen molar-refractivity contribution >= 4 is 29.9 Å². The minimum Gasteiger partial charge on any atom is -0.492 e. The van der Waals surface area contributed by atoms with E-state index in [9.17, 15) is 0 Å². The van der Waals surface area contributed by atoms with Gasteiger partial charge in [-0.05, 0) is 50.6 Å². The van der Waals surface area contributed by atoms with Gasteiger partial charge in [0.25, 0.3) is 0 Å². The summed E-state index contributed by atoms with van der Waals surface area (Å²) in [7, 11) is 5.97. The second-order valence-corrected chi connectivity index (χ2v) is 6.87. The molecule has 0 aromatic heterocycles. The molecule has 1 saturated heterocycles. The summed E-state index contributed by atoms with van der Waals surface area (Å²) < 4.78 is 5.81. The molecule has 25 heavy (non-hydrogen) atoms. The molecule has 0 radical (unpaired) electrons. The van der Waals surface area contributed by atoms with Crippen molar-refractivity contribution in [2.45, 2.75) is 26.3 Å². The molecule has 1 heterocycles. The number of hydrogen-bond acceptors (Lipinski definition) is 3. The lowest BCUT2D eigenvalue weighted by molar-refractivity contribution is 0.261. The number of aliphatic imine (C=N–C) groups is 1. The van der Waals surface area contributed by atoms with Crippen LogP contribution in [0.15, 0.2) is 29.3 Å². The topological polar surface area (TPSA) is 40.1 Å². The van der Waals surface area contributed by atoms with Gasteiger partial charge in [-0.25, -0.2) is 0 Å². The number of guanidine groups is 1. The van der Waals surface area contributed by atoms with Crippen LogP contribution in [0.2, 0.25) is 0 Å². The highest BCUT2D eigenvalue weighted by Gasteiger charge is 2.18. The average Bonchev–Trinajstić information content (AvgIpc) is 2.57. The second-order valence-electron chi connectivity index (χ2n) is 6.87. The molecule has 0 spiro atoms. The summed E-state index contributed by atoms with van der Waals surface area (Å²) in [5.41, 5.74) is 1.21. The lowest BCUT2D eigenvalue weighted by Gasteiger charge is -2.32. The van der Waals surface area contributed by atoms with Crippen LogP contribution in [-0.2, 0) is 6.54 Å². The number of benzene rings is 1. The third-order valence-corrected chi connectivity index (χ3v) is 4.45. The minimum atomic E-state index is 0. The molecule has 2 rings (SSSR count). The molecule has 0 unspecified atom stereocenters. The number of piperidine rings is 1. The van der Waals surface area contributed by atoms with Crippen molar-refractivity contribution in [3.05, 3.63) is 29.8 Å². The van der Waals surface area contributed by atoms with E-state index in [1.165, 1.54) is 18.4 Å². The van der Waals surface area contributed by atoms with E-state index in [0.29, 0.717) is 6.61 Å². The zero-order chi connectivity index (χ0) is 17.4. The van der Waals surface area contributed by atoms with Crippen molar-refractivity contribution in [1.82, 2.24) is 15.1 Å². The maximum atomic E-state index is 5.81. The maximum Gasteiger partial charge on any atom is 0.193 e. The first-order valence-corrected chi connectivity index (χ1v) is 8.90. The van der Waals surface area contributed by atoms with Gasteiger partial charge in [0.15, 0.2) is 5.96 Å². The lowest BCUT2D eigenvalue weighted by Crippen LogP contribution is -2.45. The summed E-state index contributed by atoms with van der Waals surface area (Å²) in [4.78, 5) is 8.92. The molecule has 0 bridgehead atoms. The number of ether oxygens (including phenoxy) is 1. The van der Waals surface area contributed by atoms with Gasteiger partial charge in [0.1, 0.15) is 12.4 Å². The molecule has 1 N–H and O–H groups in total. The Kier molecular flexibility index (Phi) is 10.2. The molecule has 0 amide bonds. The summed E-state index contributed by atoms with van der Waals surface area (Å²) >= 11 is 0. The van der Waals surface area contributed by atoms with E-state index in [-0.39, 0.29) is 24.0 Å². The Morgan fingerprint density at radius 1 is 1.32 bits per heavy atom. The van der Waals surface area contributed by atoms with E-state index in [1.807, 2.05) is 19.2 Å². The normalized spacial score (nSPS) is 15.9. The Morgan fingerprint density at radius 2 is 2.04 bits per heavy atom. The highest BCUT2D eigenvalue weighted by Crippen LogP contribution is 2.16. The maximum absolute atomic E-state index is 5.81. The first kappa shape index (κ1) is 22.0. The van der Waals surface area contributed by atoms with Crippen LogP contribution in [0.1, 0.15) is 25.3 Å². The number of likely N-dealkylation sites (tertiary alicyclic amines) is 1. The molecule has 1 aromatic rings. The number of likely N-dealkylation sites (N-methyl/N-ethyl adjacent to an activating group) is 1. The summed E-state index contributed by atoms with van der Waals surface area (Å²) in [5.74, 6) is 2.76. The molecule has 1 aliphatic heterocycles. The first-order chi connectivity index (χ1) is 11.6. The van der Waals surface area contributed by atoms with Crippen LogP contribution < -0.4 is 10.1 Å². The number of nitrogens with one attached hydrogen (secondary N) is 1. The summed E-state index contributed by atoms with van der Waals surface area (Å²) in [5, 5.41) is 3.48. The van der Waals surface area contributed by atoms with Crippen LogP contribution in [0.5, 0.6) is 5.75 Å². The summed E-state index contributed by atoms with van der Waals surface area (Å²) in [6.45, 7) is 6.90. The molecule has 1 aromatic carbocycles. The van der Waals surface area contributed by atoms with Gasteiger partial charge in [0.05, 0.1) is 0 Å². The SMILES string of the molecule is CN=C(NCc1cccc(OCCN(C)C)c1)N1CCC(C)CC1.I. The van der Waals surface area contributed by atoms with Crippen LogP contribution in [0, 0.1) is 5.92 Å². The van der Waals surface area contributed by atoms with Crippen LogP contribution in [0.25, 0.3) is 0 Å². The van der Waals surface area contributed by atoms with Crippen molar-refractivity contribution in [2.75, 3.05) is 47.4 Å². The van der Waals surface area contributed by atoms with E-state index in [0.717, 1.165) is 43.8 Å². The van der Waals surface area contributed by atoms with Crippen molar-refractivity contribution in [3.8, 4) is 5.75 Å². The van der Waals surface area contributed by atoms with E-state index in [2.05, 4.69) is 53.3 Å². The van der Waals surface area contributed by atoms with Gasteiger partial charge in [-0.1, -0.05) is 19.1 Å². The Balaban J connectivity index is 0.00000312. The molecular formula is C19H33IN4O. The van der Waals surface area contributed by atoms with Gasteiger partial charge in [-0.2, -0.15) is 0 Å². The van der Waals surface area contributed by atoms with Crippen molar-refractivity contribution in [3.63, 3.8) is 0 Å². The lowest BCUT2D eigenvalue weighted by atomic mass is 10.00. The van der Waals surface area contributed by atoms with Gasteiger partial charge < -0.3 is 19.9 Å². The highest BCUT2D eigenvalue weighted by atomic mass is 127. The fourth-order valence-corrected chi connectivity index (χ4v) is 2.83. The van der Waals surface area contributed by atoms with Gasteiger partial charge in [-0.3, -0.25) is 4.99 Å². The molecule has 0 saturated carbocycles. The van der Waals surface area contributed by atoms with Crippen LogP contribution in [-0.4, -0.2) is 63.1 Å². The standard InChI is InChI=1S/C19H32N4O.HI/c1-16-8-10-23(11-9-16)19(20-2)21-15-17-6-5-7-18(14-17)24-13-12-22(3)4;/h5-7,14,16H,8-13,15H2,1-4H3,(H,20,21);1H. The predicted molar refractivity (Wildman–Crippen MR) is 116 cm³/mol. The largest absolute Gasteiger partial charge is 0.492 e. The Morgan fingerprint density at radius 3 is 2.68 bits per heavy atom. The molecular weight excluding hydrogens is 427 g/mol. The molecule has 1 aliphatic rings. The Bertz CT molecular complexity index is 528. The van der Waals surface area contributed by atoms with Crippen LogP contribution >= 0.6 is 24.0 Å².